The van der Waals surface area contributed by atoms with Crippen LogP contribution in [0.5, 0.6) is 0 Å². The first-order valence-corrected chi connectivity index (χ1v) is 8.63. The normalized spacial score (nSPS) is 16.9. The summed E-state index contributed by atoms with van der Waals surface area (Å²) in [5.41, 5.74) is 1.23. The summed E-state index contributed by atoms with van der Waals surface area (Å²) < 4.78 is 5.57. The van der Waals surface area contributed by atoms with Crippen LogP contribution in [0.1, 0.15) is 49.5 Å². The number of carbonyl (C=O) groups is 2. The topological polar surface area (TPSA) is 88.5 Å². The molecule has 6 nitrogen and oxygen atoms in total. The molecule has 7 heteroatoms. The summed E-state index contributed by atoms with van der Waals surface area (Å²) in [4.78, 5) is 27.8. The van der Waals surface area contributed by atoms with Crippen LogP contribution in [0, 0.1) is 0 Å². The van der Waals surface area contributed by atoms with Crippen molar-refractivity contribution in [1.29, 1.82) is 0 Å². The molecule has 2 heterocycles. The number of amides is 1. The summed E-state index contributed by atoms with van der Waals surface area (Å²) in [6, 6.07) is 6.66. The van der Waals surface area contributed by atoms with Gasteiger partial charge in [-0.3, -0.25) is 4.79 Å². The average molecular weight is 346 g/mol. The fourth-order valence-electron chi connectivity index (χ4n) is 2.54. The molecule has 1 saturated heterocycles. The highest BCUT2D eigenvalue weighted by molar-refractivity contribution is 7.13. The SMILES string of the molecule is O=C(O)c1ccc(CCNC(=O)c2cnc(C3CCCO3)s2)cc1. The van der Waals surface area contributed by atoms with Gasteiger partial charge in [0.1, 0.15) is 16.0 Å². The van der Waals surface area contributed by atoms with Gasteiger partial charge in [0.15, 0.2) is 0 Å². The lowest BCUT2D eigenvalue weighted by molar-refractivity contribution is 0.0696. The van der Waals surface area contributed by atoms with E-state index in [-0.39, 0.29) is 17.6 Å². The van der Waals surface area contributed by atoms with Crippen molar-refractivity contribution in [1.82, 2.24) is 10.3 Å². The number of hydrogen-bond acceptors (Lipinski definition) is 5. The van der Waals surface area contributed by atoms with Crippen LogP contribution in [-0.2, 0) is 11.2 Å². The maximum Gasteiger partial charge on any atom is 0.335 e. The van der Waals surface area contributed by atoms with E-state index in [0.29, 0.717) is 17.8 Å². The van der Waals surface area contributed by atoms with Crippen molar-refractivity contribution in [2.24, 2.45) is 0 Å². The van der Waals surface area contributed by atoms with Gasteiger partial charge in [0.2, 0.25) is 0 Å². The number of aromatic nitrogens is 1. The zero-order valence-corrected chi connectivity index (χ0v) is 13.8. The lowest BCUT2D eigenvalue weighted by Gasteiger charge is -2.05. The number of rotatable bonds is 6. The van der Waals surface area contributed by atoms with Crippen molar-refractivity contribution in [2.75, 3.05) is 13.2 Å². The van der Waals surface area contributed by atoms with Gasteiger partial charge in [-0.2, -0.15) is 0 Å². The average Bonchev–Trinajstić information content (AvgIpc) is 3.26. The Morgan fingerprint density at radius 1 is 1.33 bits per heavy atom. The van der Waals surface area contributed by atoms with E-state index in [2.05, 4.69) is 10.3 Å². The molecule has 1 amide bonds. The summed E-state index contributed by atoms with van der Waals surface area (Å²) in [6.45, 7) is 1.24. The molecule has 0 aliphatic carbocycles. The lowest BCUT2D eigenvalue weighted by atomic mass is 10.1. The maximum atomic E-state index is 12.1. The molecule has 24 heavy (non-hydrogen) atoms. The van der Waals surface area contributed by atoms with Gasteiger partial charge < -0.3 is 15.2 Å². The highest BCUT2D eigenvalue weighted by atomic mass is 32.1. The molecule has 1 aromatic heterocycles. The molecule has 0 spiro atoms. The Morgan fingerprint density at radius 2 is 2.12 bits per heavy atom. The summed E-state index contributed by atoms with van der Waals surface area (Å²) in [5, 5.41) is 12.6. The molecule has 1 fully saturated rings. The van der Waals surface area contributed by atoms with Gasteiger partial charge >= 0.3 is 5.97 Å². The summed E-state index contributed by atoms with van der Waals surface area (Å²) in [6.07, 6.45) is 4.26. The molecular formula is C17H18N2O4S. The second kappa shape index (κ2) is 7.55. The van der Waals surface area contributed by atoms with E-state index in [1.54, 1.807) is 30.5 Å². The number of hydrogen-bond donors (Lipinski definition) is 2. The molecule has 0 radical (unpaired) electrons. The number of carboxylic acid groups (broad SMARTS) is 1. The number of carboxylic acids is 1. The second-order valence-corrected chi connectivity index (χ2v) is 6.63. The van der Waals surface area contributed by atoms with E-state index in [0.717, 1.165) is 30.0 Å². The number of nitrogens with zero attached hydrogens (tertiary/aromatic N) is 1. The fourth-order valence-corrected chi connectivity index (χ4v) is 3.45. The van der Waals surface area contributed by atoms with E-state index < -0.39 is 5.97 Å². The predicted octanol–water partition coefficient (Wildman–Crippen LogP) is 2.67. The first-order valence-electron chi connectivity index (χ1n) is 7.81. The van der Waals surface area contributed by atoms with E-state index in [1.165, 1.54) is 11.3 Å². The van der Waals surface area contributed by atoms with Gasteiger partial charge in [-0.15, -0.1) is 11.3 Å². The second-order valence-electron chi connectivity index (χ2n) is 5.57. The summed E-state index contributed by atoms with van der Waals surface area (Å²) in [7, 11) is 0. The predicted molar refractivity (Wildman–Crippen MR) is 89.5 cm³/mol. The molecule has 2 N–H and O–H groups in total. The number of benzene rings is 1. The summed E-state index contributed by atoms with van der Waals surface area (Å²) in [5.74, 6) is -1.08. The van der Waals surface area contributed by atoms with Gasteiger partial charge in [0.25, 0.3) is 5.91 Å². The lowest BCUT2D eigenvalue weighted by Crippen LogP contribution is -2.24. The molecule has 1 aliphatic heterocycles. The minimum atomic E-state index is -0.943. The van der Waals surface area contributed by atoms with Crippen molar-refractivity contribution in [2.45, 2.75) is 25.4 Å². The van der Waals surface area contributed by atoms with Gasteiger partial charge in [0, 0.05) is 13.2 Å². The molecule has 0 bridgehead atoms. The van der Waals surface area contributed by atoms with Gasteiger partial charge in [-0.1, -0.05) is 12.1 Å². The number of thiazole rings is 1. The van der Waals surface area contributed by atoms with Crippen LogP contribution in [-0.4, -0.2) is 35.1 Å². The Hall–Kier alpha value is -2.25. The van der Waals surface area contributed by atoms with Crippen molar-refractivity contribution >= 4 is 23.2 Å². The summed E-state index contributed by atoms with van der Waals surface area (Å²) >= 11 is 1.38. The van der Waals surface area contributed by atoms with Crippen LogP contribution in [0.4, 0.5) is 0 Å². The Kier molecular flexibility index (Phi) is 5.22. The fraction of sp³-hybridized carbons (Fsp3) is 0.353. The molecule has 1 aliphatic rings. The monoisotopic (exact) mass is 346 g/mol. The van der Waals surface area contributed by atoms with Gasteiger partial charge in [0.05, 0.1) is 11.8 Å². The first-order chi connectivity index (χ1) is 11.6. The maximum absolute atomic E-state index is 12.1. The van der Waals surface area contributed by atoms with Crippen LogP contribution < -0.4 is 5.32 Å². The Morgan fingerprint density at radius 3 is 2.79 bits per heavy atom. The van der Waals surface area contributed by atoms with Crippen molar-refractivity contribution in [3.63, 3.8) is 0 Å². The first kappa shape index (κ1) is 16.6. The van der Waals surface area contributed by atoms with E-state index in [1.807, 2.05) is 0 Å². The molecular weight excluding hydrogens is 328 g/mol. The van der Waals surface area contributed by atoms with Crippen LogP contribution >= 0.6 is 11.3 Å². The molecule has 126 valence electrons. The van der Waals surface area contributed by atoms with E-state index in [4.69, 9.17) is 9.84 Å². The molecule has 1 aromatic carbocycles. The molecule has 1 atom stereocenters. The quantitative estimate of drug-likeness (QED) is 0.839. The number of aromatic carboxylic acids is 1. The number of carbonyl (C=O) groups excluding carboxylic acids is 1. The molecule has 3 rings (SSSR count). The zero-order chi connectivity index (χ0) is 16.9. The molecule has 2 aromatic rings. The van der Waals surface area contributed by atoms with Crippen LogP contribution in [0.3, 0.4) is 0 Å². The van der Waals surface area contributed by atoms with Crippen LogP contribution in [0.2, 0.25) is 0 Å². The molecule has 0 saturated carbocycles. The zero-order valence-electron chi connectivity index (χ0n) is 13.0. The van der Waals surface area contributed by atoms with Crippen LogP contribution in [0.25, 0.3) is 0 Å². The standard InChI is InChI=1S/C17H18N2O4S/c20-15(14-10-19-16(24-14)13-2-1-9-23-13)18-8-7-11-3-5-12(6-4-11)17(21)22/h3-6,10,13H,1-2,7-9H2,(H,18,20)(H,21,22). The third-order valence-electron chi connectivity index (χ3n) is 3.85. The molecule has 1 unspecified atom stereocenters. The third-order valence-corrected chi connectivity index (χ3v) is 4.94. The highest BCUT2D eigenvalue weighted by Gasteiger charge is 2.22. The van der Waals surface area contributed by atoms with E-state index in [9.17, 15) is 9.59 Å². The highest BCUT2D eigenvalue weighted by Crippen LogP contribution is 2.31. The van der Waals surface area contributed by atoms with Crippen molar-refractivity contribution in [3.8, 4) is 0 Å². The Labute approximate surface area is 143 Å². The Bertz CT molecular complexity index is 720. The van der Waals surface area contributed by atoms with Gasteiger partial charge in [-0.25, -0.2) is 9.78 Å². The van der Waals surface area contributed by atoms with Crippen LogP contribution in [0.15, 0.2) is 30.5 Å². The minimum absolute atomic E-state index is 0.0318. The van der Waals surface area contributed by atoms with Crippen molar-refractivity contribution < 1.29 is 19.4 Å². The largest absolute Gasteiger partial charge is 0.478 e. The Balaban J connectivity index is 1.49. The number of ether oxygens (including phenoxy) is 1. The minimum Gasteiger partial charge on any atom is -0.478 e. The van der Waals surface area contributed by atoms with Crippen molar-refractivity contribution in [3.05, 3.63) is 51.5 Å². The van der Waals surface area contributed by atoms with E-state index >= 15 is 0 Å². The smallest absolute Gasteiger partial charge is 0.335 e. The van der Waals surface area contributed by atoms with Gasteiger partial charge in [-0.05, 0) is 37.0 Å². The third kappa shape index (κ3) is 3.98. The number of nitrogens with one attached hydrogen (secondary N) is 1.